The molecule has 2 aliphatic rings. The predicted molar refractivity (Wildman–Crippen MR) is 77.3 cm³/mol. The maximum Gasteiger partial charge on any atom is 0.123 e. The van der Waals surface area contributed by atoms with Crippen molar-refractivity contribution in [3.8, 4) is 0 Å². The Labute approximate surface area is 119 Å². The zero-order chi connectivity index (χ0) is 13.9. The summed E-state index contributed by atoms with van der Waals surface area (Å²) >= 11 is 0. The normalized spacial score (nSPS) is 28.0. The van der Waals surface area contributed by atoms with Gasteiger partial charge in [0, 0.05) is 50.4 Å². The highest BCUT2D eigenvalue weighted by Crippen LogP contribution is 2.19. The molecular formula is C15H22FN3O. The fourth-order valence-electron chi connectivity index (χ4n) is 2.98. The smallest absolute Gasteiger partial charge is 0.123 e. The summed E-state index contributed by atoms with van der Waals surface area (Å²) in [6, 6.07) is 6.94. The highest BCUT2D eigenvalue weighted by molar-refractivity contribution is 5.46. The zero-order valence-corrected chi connectivity index (χ0v) is 11.7. The monoisotopic (exact) mass is 279 g/mol. The molecule has 2 N–H and O–H groups in total. The average Bonchev–Trinajstić information content (AvgIpc) is 2.86. The van der Waals surface area contributed by atoms with Crippen molar-refractivity contribution in [1.82, 2.24) is 4.90 Å². The fourth-order valence-corrected chi connectivity index (χ4v) is 2.98. The van der Waals surface area contributed by atoms with Gasteiger partial charge in [-0.15, -0.1) is 0 Å². The van der Waals surface area contributed by atoms with Crippen molar-refractivity contribution in [3.63, 3.8) is 0 Å². The standard InChI is InChI=1S/C15H22FN3O/c16-13-1-3-14(4-2-13)19-7-5-18(6-8-19)9-12-10-20-11-15(12)17/h1-4,12,15H,5-11,17H2. The third kappa shape index (κ3) is 3.11. The molecular weight excluding hydrogens is 257 g/mol. The van der Waals surface area contributed by atoms with E-state index in [4.69, 9.17) is 10.5 Å². The molecule has 0 bridgehead atoms. The van der Waals surface area contributed by atoms with Crippen molar-refractivity contribution in [1.29, 1.82) is 0 Å². The minimum atomic E-state index is -0.178. The number of nitrogens with zero attached hydrogens (tertiary/aromatic N) is 2. The van der Waals surface area contributed by atoms with Crippen molar-refractivity contribution in [3.05, 3.63) is 30.1 Å². The lowest BCUT2D eigenvalue weighted by Gasteiger charge is -2.37. The summed E-state index contributed by atoms with van der Waals surface area (Å²) < 4.78 is 18.3. The molecule has 2 saturated heterocycles. The van der Waals surface area contributed by atoms with Gasteiger partial charge in [0.25, 0.3) is 0 Å². The molecule has 0 amide bonds. The van der Waals surface area contributed by atoms with Crippen LogP contribution in [0, 0.1) is 11.7 Å². The molecule has 0 radical (unpaired) electrons. The number of piperazine rings is 1. The van der Waals surface area contributed by atoms with Gasteiger partial charge in [-0.05, 0) is 24.3 Å². The van der Waals surface area contributed by atoms with E-state index in [-0.39, 0.29) is 11.9 Å². The van der Waals surface area contributed by atoms with Gasteiger partial charge in [-0.25, -0.2) is 4.39 Å². The van der Waals surface area contributed by atoms with Gasteiger partial charge in [0.05, 0.1) is 13.2 Å². The van der Waals surface area contributed by atoms with E-state index in [9.17, 15) is 4.39 Å². The number of hydrogen-bond donors (Lipinski definition) is 1. The van der Waals surface area contributed by atoms with Crippen LogP contribution in [-0.2, 0) is 4.74 Å². The first-order chi connectivity index (χ1) is 9.72. The Morgan fingerprint density at radius 3 is 2.40 bits per heavy atom. The lowest BCUT2D eigenvalue weighted by molar-refractivity contribution is 0.164. The number of anilines is 1. The molecule has 1 aromatic carbocycles. The van der Waals surface area contributed by atoms with Crippen LogP contribution in [0.5, 0.6) is 0 Å². The first-order valence-corrected chi connectivity index (χ1v) is 7.28. The Kier molecular flexibility index (Phi) is 4.19. The van der Waals surface area contributed by atoms with Gasteiger partial charge in [0.2, 0.25) is 0 Å². The average molecular weight is 279 g/mol. The molecule has 0 spiro atoms. The highest BCUT2D eigenvalue weighted by Gasteiger charge is 2.28. The first kappa shape index (κ1) is 13.8. The summed E-state index contributed by atoms with van der Waals surface area (Å²) in [5.74, 6) is 0.287. The summed E-state index contributed by atoms with van der Waals surface area (Å²) in [4.78, 5) is 4.76. The van der Waals surface area contributed by atoms with Crippen LogP contribution in [0.25, 0.3) is 0 Å². The summed E-state index contributed by atoms with van der Waals surface area (Å²) in [6.45, 7) is 6.53. The van der Waals surface area contributed by atoms with E-state index in [2.05, 4.69) is 9.80 Å². The highest BCUT2D eigenvalue weighted by atomic mass is 19.1. The Morgan fingerprint density at radius 2 is 1.80 bits per heavy atom. The Hall–Kier alpha value is -1.17. The Bertz CT molecular complexity index is 431. The van der Waals surface area contributed by atoms with Crippen LogP contribution >= 0.6 is 0 Å². The van der Waals surface area contributed by atoms with Crippen LogP contribution in [0.15, 0.2) is 24.3 Å². The number of rotatable bonds is 3. The van der Waals surface area contributed by atoms with Crippen LogP contribution in [0.1, 0.15) is 0 Å². The van der Waals surface area contributed by atoms with E-state index < -0.39 is 0 Å². The van der Waals surface area contributed by atoms with Gasteiger partial charge >= 0.3 is 0 Å². The Balaban J connectivity index is 1.50. The molecule has 2 aliphatic heterocycles. The summed E-state index contributed by atoms with van der Waals surface area (Å²) in [5, 5.41) is 0. The topological polar surface area (TPSA) is 41.7 Å². The molecule has 0 aromatic heterocycles. The predicted octanol–water partition coefficient (Wildman–Crippen LogP) is 0.921. The summed E-state index contributed by atoms with van der Waals surface area (Å²) in [7, 11) is 0. The molecule has 20 heavy (non-hydrogen) atoms. The van der Waals surface area contributed by atoms with Crippen molar-refractivity contribution < 1.29 is 9.13 Å². The first-order valence-electron chi connectivity index (χ1n) is 7.28. The van der Waals surface area contributed by atoms with Gasteiger partial charge in [-0.3, -0.25) is 4.90 Å². The summed E-state index contributed by atoms with van der Waals surface area (Å²) in [5.41, 5.74) is 7.13. The lowest BCUT2D eigenvalue weighted by atomic mass is 10.0. The summed E-state index contributed by atoms with van der Waals surface area (Å²) in [6.07, 6.45) is 0. The second-order valence-corrected chi connectivity index (χ2v) is 5.73. The fraction of sp³-hybridized carbons (Fsp3) is 0.600. The van der Waals surface area contributed by atoms with Crippen LogP contribution in [0.2, 0.25) is 0 Å². The second-order valence-electron chi connectivity index (χ2n) is 5.73. The quantitative estimate of drug-likeness (QED) is 0.893. The molecule has 4 nitrogen and oxygen atoms in total. The van der Waals surface area contributed by atoms with Gasteiger partial charge in [-0.1, -0.05) is 0 Å². The third-order valence-corrected chi connectivity index (χ3v) is 4.30. The van der Waals surface area contributed by atoms with E-state index in [1.807, 2.05) is 12.1 Å². The number of ether oxygens (including phenoxy) is 1. The third-order valence-electron chi connectivity index (χ3n) is 4.30. The zero-order valence-electron chi connectivity index (χ0n) is 11.7. The van der Waals surface area contributed by atoms with Crippen molar-refractivity contribution in [2.75, 3.05) is 50.8 Å². The molecule has 110 valence electrons. The second kappa shape index (κ2) is 6.08. The van der Waals surface area contributed by atoms with Crippen molar-refractivity contribution in [2.24, 2.45) is 11.7 Å². The van der Waals surface area contributed by atoms with Crippen LogP contribution < -0.4 is 10.6 Å². The number of halogens is 1. The largest absolute Gasteiger partial charge is 0.379 e. The molecule has 3 rings (SSSR count). The van der Waals surface area contributed by atoms with Crippen LogP contribution in [0.3, 0.4) is 0 Å². The molecule has 2 heterocycles. The molecule has 2 atom stereocenters. The Morgan fingerprint density at radius 1 is 1.10 bits per heavy atom. The number of benzene rings is 1. The van der Waals surface area contributed by atoms with E-state index in [0.717, 1.165) is 45.0 Å². The van der Waals surface area contributed by atoms with Crippen LogP contribution in [-0.4, -0.2) is 56.9 Å². The molecule has 0 aliphatic carbocycles. The SMILES string of the molecule is NC1COCC1CN1CCN(c2ccc(F)cc2)CC1. The van der Waals surface area contributed by atoms with Gasteiger partial charge in [0.1, 0.15) is 5.82 Å². The molecule has 0 saturated carbocycles. The molecule has 1 aromatic rings. The lowest BCUT2D eigenvalue weighted by Crippen LogP contribution is -2.49. The molecule has 5 heteroatoms. The van der Waals surface area contributed by atoms with E-state index in [0.29, 0.717) is 12.5 Å². The molecule has 2 fully saturated rings. The van der Waals surface area contributed by atoms with Gasteiger partial charge < -0.3 is 15.4 Å². The minimum Gasteiger partial charge on any atom is -0.379 e. The minimum absolute atomic E-state index is 0.178. The number of hydrogen-bond acceptors (Lipinski definition) is 4. The van der Waals surface area contributed by atoms with E-state index in [1.54, 1.807) is 0 Å². The van der Waals surface area contributed by atoms with Gasteiger partial charge in [-0.2, -0.15) is 0 Å². The maximum atomic E-state index is 12.9. The van der Waals surface area contributed by atoms with Crippen molar-refractivity contribution >= 4 is 5.69 Å². The van der Waals surface area contributed by atoms with E-state index >= 15 is 0 Å². The molecule has 2 unspecified atom stereocenters. The van der Waals surface area contributed by atoms with Crippen molar-refractivity contribution in [2.45, 2.75) is 6.04 Å². The van der Waals surface area contributed by atoms with Crippen LogP contribution in [0.4, 0.5) is 10.1 Å². The maximum absolute atomic E-state index is 12.9. The number of nitrogens with two attached hydrogens (primary N) is 1. The van der Waals surface area contributed by atoms with Gasteiger partial charge in [0.15, 0.2) is 0 Å². The van der Waals surface area contributed by atoms with E-state index in [1.165, 1.54) is 12.1 Å².